The van der Waals surface area contributed by atoms with Gasteiger partial charge >= 0.3 is 6.18 Å². The highest BCUT2D eigenvalue weighted by atomic mass is 19.4. The quantitative estimate of drug-likeness (QED) is 0.784. The molecule has 15 heavy (non-hydrogen) atoms. The van der Waals surface area contributed by atoms with Crippen molar-refractivity contribution in [2.24, 2.45) is 5.73 Å². The highest BCUT2D eigenvalue weighted by Gasteiger charge is 2.32. The van der Waals surface area contributed by atoms with Crippen molar-refractivity contribution in [2.45, 2.75) is 37.9 Å². The van der Waals surface area contributed by atoms with Gasteiger partial charge in [-0.25, -0.2) is 0 Å². The molecule has 0 radical (unpaired) electrons. The summed E-state index contributed by atoms with van der Waals surface area (Å²) in [4.78, 5) is 12.9. The van der Waals surface area contributed by atoms with Gasteiger partial charge in [0.15, 0.2) is 0 Å². The number of likely N-dealkylation sites (tertiary alicyclic amines) is 1. The lowest BCUT2D eigenvalue weighted by Crippen LogP contribution is -2.40. The Morgan fingerprint density at radius 3 is 2.67 bits per heavy atom. The second kappa shape index (κ2) is 4.83. The molecule has 0 bridgehead atoms. The fourth-order valence-corrected chi connectivity index (χ4v) is 1.80. The van der Waals surface area contributed by atoms with Crippen LogP contribution in [0.3, 0.4) is 0 Å². The van der Waals surface area contributed by atoms with Gasteiger partial charge in [-0.05, 0) is 12.8 Å². The molecule has 0 saturated carbocycles. The first-order valence-electron chi connectivity index (χ1n) is 5.00. The Balaban J connectivity index is 2.40. The number of amides is 1. The normalized spacial score (nSPS) is 22.1. The molecule has 1 heterocycles. The number of carbonyl (C=O) groups is 1. The molecule has 1 saturated heterocycles. The minimum Gasteiger partial charge on any atom is -0.338 e. The van der Waals surface area contributed by atoms with E-state index in [-0.39, 0.29) is 6.04 Å². The van der Waals surface area contributed by atoms with Crippen LogP contribution in [0.2, 0.25) is 0 Å². The third kappa shape index (κ3) is 3.70. The van der Waals surface area contributed by atoms with E-state index in [1.54, 1.807) is 0 Å². The van der Waals surface area contributed by atoms with E-state index in [0.717, 1.165) is 12.8 Å². The van der Waals surface area contributed by atoms with Crippen LogP contribution < -0.4 is 5.73 Å². The monoisotopic (exact) mass is 224 g/mol. The molecule has 1 aliphatic heterocycles. The first-order chi connectivity index (χ1) is 6.94. The number of halogens is 3. The number of alkyl halides is 3. The zero-order chi connectivity index (χ0) is 11.5. The molecule has 1 aliphatic rings. The van der Waals surface area contributed by atoms with Crippen LogP contribution in [0.1, 0.15) is 25.7 Å². The molecule has 1 amide bonds. The van der Waals surface area contributed by atoms with Crippen LogP contribution in [-0.2, 0) is 4.79 Å². The summed E-state index contributed by atoms with van der Waals surface area (Å²) in [6.45, 7) is 0.871. The van der Waals surface area contributed by atoms with Crippen LogP contribution in [-0.4, -0.2) is 36.1 Å². The van der Waals surface area contributed by atoms with E-state index in [1.807, 2.05) is 0 Å². The molecule has 0 aromatic rings. The van der Waals surface area contributed by atoms with Crippen molar-refractivity contribution < 1.29 is 18.0 Å². The molecule has 0 aliphatic carbocycles. The molecular formula is C9H15F3N2O. The van der Waals surface area contributed by atoms with E-state index < -0.39 is 24.9 Å². The summed E-state index contributed by atoms with van der Waals surface area (Å²) in [6, 6.07) is -0.0641. The maximum absolute atomic E-state index is 11.9. The minimum absolute atomic E-state index is 0.0641. The van der Waals surface area contributed by atoms with Gasteiger partial charge in [-0.3, -0.25) is 4.79 Å². The third-order valence-corrected chi connectivity index (χ3v) is 2.59. The summed E-state index contributed by atoms with van der Waals surface area (Å²) in [5.74, 6) is -0.430. The van der Waals surface area contributed by atoms with Crippen molar-refractivity contribution >= 4 is 5.91 Å². The van der Waals surface area contributed by atoms with Gasteiger partial charge < -0.3 is 10.6 Å². The minimum atomic E-state index is -4.26. The predicted octanol–water partition coefficient (Wildman–Crippen LogP) is 1.28. The molecule has 0 spiro atoms. The van der Waals surface area contributed by atoms with Crippen molar-refractivity contribution in [3.05, 3.63) is 0 Å². The summed E-state index contributed by atoms with van der Waals surface area (Å²) in [5, 5.41) is 0. The summed E-state index contributed by atoms with van der Waals surface area (Å²) < 4.78 is 35.7. The average Bonchev–Trinajstić information content (AvgIpc) is 2.60. The Hall–Kier alpha value is -0.780. The second-order valence-electron chi connectivity index (χ2n) is 3.73. The number of hydrogen-bond donors (Lipinski definition) is 1. The molecule has 1 unspecified atom stereocenters. The Bertz CT molecular complexity index is 230. The fraction of sp³-hybridized carbons (Fsp3) is 0.889. The van der Waals surface area contributed by atoms with Crippen LogP contribution >= 0.6 is 0 Å². The lowest BCUT2D eigenvalue weighted by molar-refractivity contribution is -0.149. The fourth-order valence-electron chi connectivity index (χ4n) is 1.80. The second-order valence-corrected chi connectivity index (χ2v) is 3.73. The molecule has 0 aromatic carbocycles. The van der Waals surface area contributed by atoms with Gasteiger partial charge in [0.2, 0.25) is 5.91 Å². The molecule has 6 heteroatoms. The standard InChI is InChI=1S/C9H15F3N2O/c10-9(11,12)4-3-8(15)14-5-1-2-7(14)6-13/h7H,1-6,13H2. The molecular weight excluding hydrogens is 209 g/mol. The highest BCUT2D eigenvalue weighted by molar-refractivity contribution is 5.76. The first-order valence-corrected chi connectivity index (χ1v) is 5.00. The lowest BCUT2D eigenvalue weighted by atomic mass is 10.2. The van der Waals surface area contributed by atoms with Crippen molar-refractivity contribution in [2.75, 3.05) is 13.1 Å². The van der Waals surface area contributed by atoms with E-state index in [4.69, 9.17) is 5.73 Å². The topological polar surface area (TPSA) is 46.3 Å². The Morgan fingerprint density at radius 1 is 1.47 bits per heavy atom. The number of nitrogens with zero attached hydrogens (tertiary/aromatic N) is 1. The van der Waals surface area contributed by atoms with Crippen LogP contribution in [0.5, 0.6) is 0 Å². The molecule has 1 atom stereocenters. The molecule has 1 fully saturated rings. The average molecular weight is 224 g/mol. The smallest absolute Gasteiger partial charge is 0.338 e. The maximum Gasteiger partial charge on any atom is 0.389 e. The van der Waals surface area contributed by atoms with Crippen molar-refractivity contribution in [3.63, 3.8) is 0 Å². The van der Waals surface area contributed by atoms with Gasteiger partial charge in [0, 0.05) is 25.6 Å². The van der Waals surface area contributed by atoms with Crippen LogP contribution in [0.25, 0.3) is 0 Å². The molecule has 3 nitrogen and oxygen atoms in total. The molecule has 2 N–H and O–H groups in total. The Kier molecular flexibility index (Phi) is 3.96. The summed E-state index contributed by atoms with van der Waals surface area (Å²) in [7, 11) is 0. The van der Waals surface area contributed by atoms with E-state index in [2.05, 4.69) is 0 Å². The number of hydrogen-bond acceptors (Lipinski definition) is 2. The van der Waals surface area contributed by atoms with Gasteiger partial charge in [-0.15, -0.1) is 0 Å². The number of nitrogens with two attached hydrogens (primary N) is 1. The van der Waals surface area contributed by atoms with Gasteiger partial charge in [0.05, 0.1) is 6.42 Å². The number of rotatable bonds is 3. The van der Waals surface area contributed by atoms with E-state index in [9.17, 15) is 18.0 Å². The van der Waals surface area contributed by atoms with Crippen molar-refractivity contribution in [3.8, 4) is 0 Å². The molecule has 88 valence electrons. The largest absolute Gasteiger partial charge is 0.389 e. The zero-order valence-electron chi connectivity index (χ0n) is 8.39. The Morgan fingerprint density at radius 2 is 2.13 bits per heavy atom. The van der Waals surface area contributed by atoms with Gasteiger partial charge in [0.1, 0.15) is 0 Å². The van der Waals surface area contributed by atoms with Crippen LogP contribution in [0.4, 0.5) is 13.2 Å². The predicted molar refractivity (Wildman–Crippen MR) is 49.1 cm³/mol. The summed E-state index contributed by atoms with van der Waals surface area (Å²) in [5.41, 5.74) is 5.43. The van der Waals surface area contributed by atoms with Crippen molar-refractivity contribution in [1.82, 2.24) is 4.90 Å². The summed E-state index contributed by atoms with van der Waals surface area (Å²) in [6.07, 6.45) is -4.12. The van der Waals surface area contributed by atoms with E-state index in [0.29, 0.717) is 13.1 Å². The van der Waals surface area contributed by atoms with Crippen LogP contribution in [0, 0.1) is 0 Å². The molecule has 0 aromatic heterocycles. The highest BCUT2D eigenvalue weighted by Crippen LogP contribution is 2.24. The SMILES string of the molecule is NCC1CCCN1C(=O)CCC(F)(F)F. The van der Waals surface area contributed by atoms with Gasteiger partial charge in [-0.2, -0.15) is 13.2 Å². The van der Waals surface area contributed by atoms with Crippen molar-refractivity contribution in [1.29, 1.82) is 0 Å². The van der Waals surface area contributed by atoms with E-state index in [1.165, 1.54) is 4.90 Å². The first kappa shape index (κ1) is 12.3. The Labute approximate surface area is 86.4 Å². The number of carbonyl (C=O) groups excluding carboxylic acids is 1. The third-order valence-electron chi connectivity index (χ3n) is 2.59. The lowest BCUT2D eigenvalue weighted by Gasteiger charge is -2.23. The van der Waals surface area contributed by atoms with E-state index >= 15 is 0 Å². The van der Waals surface area contributed by atoms with Gasteiger partial charge in [0.25, 0.3) is 0 Å². The zero-order valence-corrected chi connectivity index (χ0v) is 8.39. The van der Waals surface area contributed by atoms with Gasteiger partial charge in [-0.1, -0.05) is 0 Å². The summed E-state index contributed by atoms with van der Waals surface area (Å²) >= 11 is 0. The molecule has 1 rings (SSSR count). The van der Waals surface area contributed by atoms with Crippen LogP contribution in [0.15, 0.2) is 0 Å². The maximum atomic E-state index is 11.9.